The van der Waals surface area contributed by atoms with Gasteiger partial charge in [0, 0.05) is 37.5 Å². The molecule has 2 fully saturated rings. The molecule has 0 bridgehead atoms. The number of carbonyl (C=O) groups excluding carboxylic acids is 3. The lowest BCUT2D eigenvalue weighted by atomic mass is 9.79. The van der Waals surface area contributed by atoms with Gasteiger partial charge in [0.15, 0.2) is 18.4 Å². The van der Waals surface area contributed by atoms with E-state index in [0.29, 0.717) is 29.7 Å². The van der Waals surface area contributed by atoms with Gasteiger partial charge in [0.25, 0.3) is 0 Å². The fraction of sp³-hybridized carbons (Fsp3) is 0.717. The maximum Gasteiger partial charge on any atom is 0.308 e. The van der Waals surface area contributed by atoms with Gasteiger partial charge in [0.2, 0.25) is 0 Å². The average molecular weight is 878 g/mol. The number of nitrogens with zero attached hydrogens (tertiary/aromatic N) is 1. The van der Waals surface area contributed by atoms with E-state index in [-0.39, 0.29) is 25.4 Å². The number of aldehydes is 1. The number of carbonyl (C=O) groups is 3. The molecule has 3 aliphatic heterocycles. The first-order valence-corrected chi connectivity index (χ1v) is 21.7. The smallest absolute Gasteiger partial charge is 0.308 e. The van der Waals surface area contributed by atoms with E-state index in [1.54, 1.807) is 70.1 Å². The third-order valence-corrected chi connectivity index (χ3v) is 12.5. The Morgan fingerprint density at radius 1 is 0.855 bits per heavy atom. The molecule has 350 valence electrons. The fourth-order valence-electron chi connectivity index (χ4n) is 8.66. The number of likely N-dealkylation sites (N-methyl/N-ethyl adjacent to an activating group) is 1. The number of cyclic esters (lactones) is 1. The molecule has 0 radical (unpaired) electrons. The van der Waals surface area contributed by atoms with Crippen LogP contribution in [0.25, 0.3) is 0 Å². The van der Waals surface area contributed by atoms with Gasteiger partial charge in [-0.05, 0) is 90.4 Å². The Kier molecular flexibility index (Phi) is 20.1. The highest BCUT2D eigenvalue weighted by Gasteiger charge is 2.48. The highest BCUT2D eigenvalue weighted by molar-refractivity contribution is 5.91. The molecule has 62 heavy (non-hydrogen) atoms. The van der Waals surface area contributed by atoms with Crippen LogP contribution in [0.4, 0.5) is 0 Å². The number of ketones is 1. The Hall–Kier alpha value is -3.13. The van der Waals surface area contributed by atoms with Crippen LogP contribution in [-0.4, -0.2) is 165 Å². The van der Waals surface area contributed by atoms with Crippen LogP contribution in [0.3, 0.4) is 0 Å². The molecule has 1 aromatic carbocycles. The molecular weight excluding hydrogens is 806 g/mol. The van der Waals surface area contributed by atoms with Crippen molar-refractivity contribution >= 4 is 18.0 Å². The quantitative estimate of drug-likeness (QED) is 0.156. The molecule has 0 unspecified atom stereocenters. The summed E-state index contributed by atoms with van der Waals surface area (Å²) >= 11 is 0. The summed E-state index contributed by atoms with van der Waals surface area (Å²) in [5.74, 6) is -2.62. The summed E-state index contributed by atoms with van der Waals surface area (Å²) in [5, 5.41) is 45.0. The third-order valence-electron chi connectivity index (χ3n) is 12.5. The van der Waals surface area contributed by atoms with Crippen molar-refractivity contribution in [1.82, 2.24) is 4.90 Å². The number of aliphatic hydroxyl groups is 4. The largest absolute Gasteiger partial charge is 0.494 e. The fourth-order valence-corrected chi connectivity index (χ4v) is 8.66. The first kappa shape index (κ1) is 51.5. The van der Waals surface area contributed by atoms with Crippen molar-refractivity contribution in [3.05, 3.63) is 53.6 Å². The van der Waals surface area contributed by atoms with Gasteiger partial charge in [-0.3, -0.25) is 14.4 Å². The second kappa shape index (κ2) is 24.2. The predicted molar refractivity (Wildman–Crippen MR) is 227 cm³/mol. The summed E-state index contributed by atoms with van der Waals surface area (Å²) in [6.07, 6.45) is -4.77. The van der Waals surface area contributed by atoms with E-state index < -0.39 is 116 Å². The number of hydrogen-bond acceptors (Lipinski definition) is 16. The van der Waals surface area contributed by atoms with E-state index in [1.807, 2.05) is 26.8 Å². The van der Waals surface area contributed by atoms with Crippen LogP contribution in [0.5, 0.6) is 5.75 Å². The summed E-state index contributed by atoms with van der Waals surface area (Å²) < 4.78 is 48.4. The number of benzene rings is 1. The van der Waals surface area contributed by atoms with Gasteiger partial charge < -0.3 is 63.2 Å². The molecule has 0 spiro atoms. The first-order chi connectivity index (χ1) is 29.4. The maximum atomic E-state index is 13.9. The van der Waals surface area contributed by atoms with E-state index in [2.05, 4.69) is 0 Å². The van der Waals surface area contributed by atoms with Gasteiger partial charge in [-0.2, -0.15) is 0 Å². The predicted octanol–water partition coefficient (Wildman–Crippen LogP) is 3.26. The van der Waals surface area contributed by atoms with Crippen LogP contribution >= 0.6 is 0 Å². The summed E-state index contributed by atoms with van der Waals surface area (Å²) in [5.41, 5.74) is 1.21. The zero-order chi connectivity index (χ0) is 45.8. The third kappa shape index (κ3) is 13.5. The number of aliphatic hydroxyl groups excluding tert-OH is 4. The lowest BCUT2D eigenvalue weighted by Crippen LogP contribution is -2.63. The SMILES string of the molecule is CC[C@H]1OC(=O)C[C@@H](O)[C@H](C)[C@@H](O[C@@H]2O[C@H](C)[C@@H](O)[C@H](N(C)C)[C@H]2O)[C@@H](CCOc2ccc(C=O)cc2)C[C@@H](C)C(=O)/C=C/C(C)=C/[C@@H]1CO[C@@H]1O[C@H](C)[C@@H](O)[C@@H](OC)[C@H]1OC. The zero-order valence-corrected chi connectivity index (χ0v) is 37.9. The topological polar surface area (TPSA) is 209 Å². The minimum Gasteiger partial charge on any atom is -0.494 e. The van der Waals surface area contributed by atoms with Crippen LogP contribution in [-0.2, 0) is 42.7 Å². The summed E-state index contributed by atoms with van der Waals surface area (Å²) in [6, 6.07) is 5.91. The molecule has 0 saturated carbocycles. The van der Waals surface area contributed by atoms with Crippen LogP contribution in [0.15, 0.2) is 48.1 Å². The average Bonchev–Trinajstić information content (AvgIpc) is 3.24. The Labute approximate surface area is 366 Å². The van der Waals surface area contributed by atoms with Gasteiger partial charge in [0.1, 0.15) is 42.6 Å². The van der Waals surface area contributed by atoms with Gasteiger partial charge in [0.05, 0.1) is 56.2 Å². The molecular formula is C46H71NO15. The minimum atomic E-state index is -1.31. The lowest BCUT2D eigenvalue weighted by Gasteiger charge is -2.46. The van der Waals surface area contributed by atoms with Crippen LogP contribution in [0, 0.1) is 23.7 Å². The standard InChI is InChI=1S/C46H71NO15/c1-11-36-32(24-58-46-44(56-10)43(55-9)40(53)29(6)60-46)20-25(2)12-17-34(49)26(3)21-31(18-19-57-33-15-13-30(23-48)14-16-33)42(27(4)35(50)22-37(51)61-36)62-45-41(54)38(47(7)8)39(52)28(5)59-45/h12-17,20,23,26-29,31-32,35-36,38-46,50,52-54H,11,18-19,21-22,24H2,1-10H3/b17-12+,25-20+/t26-,27+,28-,29-,31+,32-,35-,36-,38+,39-,40-,41-,42-,43-,44-,45+,46-/m1/s1. The van der Waals surface area contributed by atoms with Crippen molar-refractivity contribution in [3.63, 3.8) is 0 Å². The van der Waals surface area contributed by atoms with E-state index >= 15 is 0 Å². The van der Waals surface area contributed by atoms with Crippen LogP contribution in [0.2, 0.25) is 0 Å². The first-order valence-electron chi connectivity index (χ1n) is 21.7. The monoisotopic (exact) mass is 877 g/mol. The lowest BCUT2D eigenvalue weighted by molar-refractivity contribution is -0.304. The van der Waals surface area contributed by atoms with Crippen molar-refractivity contribution in [3.8, 4) is 5.75 Å². The number of ether oxygens (including phenoxy) is 8. The normalized spacial score (nSPS) is 39.4. The summed E-state index contributed by atoms with van der Waals surface area (Å²) in [4.78, 5) is 40.6. The summed E-state index contributed by atoms with van der Waals surface area (Å²) in [7, 11) is 6.41. The maximum absolute atomic E-state index is 13.9. The van der Waals surface area contributed by atoms with Gasteiger partial charge in [-0.25, -0.2) is 0 Å². The summed E-state index contributed by atoms with van der Waals surface area (Å²) in [6.45, 7) is 10.8. The Morgan fingerprint density at radius 3 is 2.11 bits per heavy atom. The molecule has 17 atom stereocenters. The van der Waals surface area contributed by atoms with Crippen molar-refractivity contribution in [2.45, 2.75) is 147 Å². The van der Waals surface area contributed by atoms with Crippen LogP contribution < -0.4 is 4.74 Å². The zero-order valence-electron chi connectivity index (χ0n) is 37.9. The van der Waals surface area contributed by atoms with E-state index in [0.717, 1.165) is 6.29 Å². The molecule has 3 aliphatic rings. The minimum absolute atomic E-state index is 0.00964. The number of methoxy groups -OCH3 is 2. The van der Waals surface area contributed by atoms with Gasteiger partial charge >= 0.3 is 5.97 Å². The molecule has 3 heterocycles. The Morgan fingerprint density at radius 2 is 1.50 bits per heavy atom. The molecule has 0 aromatic heterocycles. The number of allylic oxidation sites excluding steroid dienone is 3. The number of hydrogen-bond donors (Lipinski definition) is 4. The molecule has 0 amide bonds. The van der Waals surface area contributed by atoms with E-state index in [4.69, 9.17) is 37.9 Å². The molecule has 4 rings (SSSR count). The van der Waals surface area contributed by atoms with E-state index in [1.165, 1.54) is 20.3 Å². The van der Waals surface area contributed by atoms with Crippen molar-refractivity contribution in [2.24, 2.45) is 23.7 Å². The van der Waals surface area contributed by atoms with Crippen LogP contribution in [0.1, 0.15) is 77.6 Å². The highest BCUT2D eigenvalue weighted by atomic mass is 16.7. The van der Waals surface area contributed by atoms with Crippen molar-refractivity contribution in [1.29, 1.82) is 0 Å². The van der Waals surface area contributed by atoms with Gasteiger partial charge in [-0.1, -0.05) is 38.5 Å². The Balaban J connectivity index is 1.68. The second-order valence-corrected chi connectivity index (χ2v) is 17.3. The molecule has 4 N–H and O–H groups in total. The second-order valence-electron chi connectivity index (χ2n) is 17.3. The molecule has 0 aliphatic carbocycles. The number of esters is 1. The van der Waals surface area contributed by atoms with Gasteiger partial charge in [-0.15, -0.1) is 0 Å². The molecule has 2 saturated heterocycles. The number of rotatable bonds is 14. The molecule has 16 nitrogen and oxygen atoms in total. The molecule has 1 aromatic rings. The Bertz CT molecular complexity index is 1620. The van der Waals surface area contributed by atoms with Crippen molar-refractivity contribution in [2.75, 3.05) is 41.5 Å². The highest BCUT2D eigenvalue weighted by Crippen LogP contribution is 2.35. The molecule has 16 heteroatoms. The van der Waals surface area contributed by atoms with E-state index in [9.17, 15) is 34.8 Å². The van der Waals surface area contributed by atoms with Crippen molar-refractivity contribution < 1.29 is 72.7 Å².